The monoisotopic (exact) mass is 963 g/mol. The average molecular weight is 964 g/mol. The predicted octanol–water partition coefficient (Wildman–Crippen LogP) is 2.82. The highest BCUT2D eigenvalue weighted by Gasteiger charge is 2.37. The number of carbonyl (C=O) groups is 3. The first kappa shape index (κ1) is 56.0. The lowest BCUT2D eigenvalue weighted by Crippen LogP contribution is -2.51. The van der Waals surface area contributed by atoms with Gasteiger partial charge in [0.2, 0.25) is 12.2 Å². The van der Waals surface area contributed by atoms with Crippen molar-refractivity contribution in [2.24, 2.45) is 0 Å². The number of alkyl carbamates (subject to hydrolysis) is 1. The topological polar surface area (TPSA) is 260 Å². The van der Waals surface area contributed by atoms with Crippen LogP contribution in [0.1, 0.15) is 49.7 Å². The van der Waals surface area contributed by atoms with Crippen molar-refractivity contribution in [1.29, 1.82) is 0 Å². The third-order valence-electron chi connectivity index (χ3n) is 9.51. The molecule has 1 saturated heterocycles. The number of anilines is 1. The number of amides is 2. The number of para-hydroxylation sites is 1. The second kappa shape index (κ2) is 32.2. The molecule has 5 N–H and O–H groups in total. The minimum absolute atomic E-state index is 0.0129. The van der Waals surface area contributed by atoms with E-state index in [1.165, 1.54) is 0 Å². The third-order valence-corrected chi connectivity index (χ3v) is 9.51. The van der Waals surface area contributed by atoms with Gasteiger partial charge in [0, 0.05) is 18.4 Å². The van der Waals surface area contributed by atoms with E-state index in [-0.39, 0.29) is 55.7 Å². The number of pyridine rings is 1. The smallest absolute Gasteiger partial charge is 0.407 e. The first-order chi connectivity index (χ1) is 33.0. The normalized spacial score (nSPS) is 17.2. The Labute approximate surface area is 396 Å². The van der Waals surface area contributed by atoms with E-state index < -0.39 is 42.9 Å². The zero-order valence-electron chi connectivity index (χ0n) is 39.3. The number of aliphatic hydroxyl groups excluding tert-OH is 3. The number of aliphatic hydroxyl groups is 3. The summed E-state index contributed by atoms with van der Waals surface area (Å²) < 4.78 is 66.8. The number of nitrogens with one attached hydrogen (secondary N) is 2. The molecule has 4 rings (SSSR count). The van der Waals surface area contributed by atoms with Gasteiger partial charge in [-0.15, -0.1) is 0 Å². The van der Waals surface area contributed by atoms with E-state index in [0.717, 1.165) is 5.39 Å². The van der Waals surface area contributed by atoms with Crippen LogP contribution in [-0.2, 0) is 58.8 Å². The third kappa shape index (κ3) is 22.7. The number of hydrogen-bond donors (Lipinski definition) is 5. The average Bonchev–Trinajstić information content (AvgIpc) is 3.31. The number of ether oxygens (including phenoxy) is 12. The van der Waals surface area contributed by atoms with Crippen LogP contribution in [0.25, 0.3) is 10.9 Å². The highest BCUT2D eigenvalue weighted by Crippen LogP contribution is 2.31. The second-order valence-electron chi connectivity index (χ2n) is 16.1. The van der Waals surface area contributed by atoms with Gasteiger partial charge in [0.25, 0.3) is 0 Å². The van der Waals surface area contributed by atoms with Gasteiger partial charge in [0.05, 0.1) is 136 Å². The van der Waals surface area contributed by atoms with Gasteiger partial charge in [0.1, 0.15) is 41.6 Å². The molecule has 0 bridgehead atoms. The summed E-state index contributed by atoms with van der Waals surface area (Å²) in [6.45, 7) is 11.3. The molecule has 0 spiro atoms. The summed E-state index contributed by atoms with van der Waals surface area (Å²) in [5.41, 5.74) is 1.17. The summed E-state index contributed by atoms with van der Waals surface area (Å²) in [5.74, 6) is 0.135. The van der Waals surface area contributed by atoms with Gasteiger partial charge < -0.3 is 82.8 Å². The molecule has 21 heteroatoms. The Hall–Kier alpha value is -4.62. The molecule has 2 heterocycles. The van der Waals surface area contributed by atoms with E-state index in [2.05, 4.69) is 15.6 Å². The number of carbonyl (C=O) groups excluding carboxylic acids is 3. The van der Waals surface area contributed by atoms with Gasteiger partial charge >= 0.3 is 6.09 Å². The maximum atomic E-state index is 13.1. The highest BCUT2D eigenvalue weighted by atomic mass is 16.7. The van der Waals surface area contributed by atoms with Crippen molar-refractivity contribution in [3.05, 3.63) is 59.8 Å². The van der Waals surface area contributed by atoms with E-state index in [0.29, 0.717) is 122 Å². The fourth-order valence-corrected chi connectivity index (χ4v) is 6.18. The Bertz CT molecular complexity index is 1900. The molecule has 0 aliphatic carbocycles. The van der Waals surface area contributed by atoms with Gasteiger partial charge in [-0.2, -0.15) is 0 Å². The van der Waals surface area contributed by atoms with E-state index in [1.54, 1.807) is 51.1 Å². The molecule has 1 aliphatic heterocycles. The largest absolute Gasteiger partial charge is 0.486 e. The lowest BCUT2D eigenvalue weighted by Gasteiger charge is -2.36. The Kier molecular flexibility index (Phi) is 26.5. The van der Waals surface area contributed by atoms with Gasteiger partial charge in [-0.25, -0.2) is 9.78 Å². The van der Waals surface area contributed by atoms with E-state index in [1.807, 2.05) is 18.2 Å². The predicted molar refractivity (Wildman–Crippen MR) is 245 cm³/mol. The van der Waals surface area contributed by atoms with Crippen molar-refractivity contribution < 1.29 is 86.5 Å². The molecule has 1 aromatic heterocycles. The van der Waals surface area contributed by atoms with Gasteiger partial charge in [-0.05, 0) is 50.6 Å². The molecular formula is C47H69N3O18. The van der Waals surface area contributed by atoms with Gasteiger partial charge in [0.15, 0.2) is 6.29 Å². The van der Waals surface area contributed by atoms with E-state index in [4.69, 9.17) is 56.8 Å². The fourth-order valence-electron chi connectivity index (χ4n) is 6.18. The first-order valence-electron chi connectivity index (χ1n) is 22.7. The molecule has 4 unspecified atom stereocenters. The van der Waals surface area contributed by atoms with Crippen molar-refractivity contribution in [2.75, 3.05) is 124 Å². The molecular weight excluding hydrogens is 895 g/mol. The molecule has 1 aliphatic rings. The molecule has 1 fully saturated rings. The van der Waals surface area contributed by atoms with Crippen LogP contribution in [0.15, 0.2) is 48.5 Å². The number of nitrogens with zero attached hydrogens (tertiary/aromatic N) is 1. The van der Waals surface area contributed by atoms with Crippen molar-refractivity contribution in [2.45, 2.75) is 70.4 Å². The molecule has 4 atom stereocenters. The molecule has 0 radical (unpaired) electrons. The standard InChI is InChI=1S/C47H69N3O18/c1-47(2,3)68-46(56)48-11-13-58-15-17-60-19-21-62-23-25-64-27-26-63-24-22-61-20-18-59-16-14-57-12-10-43(54)50-37-28-34(8-9-40(37)66-44-30-39(53)45(55)42(32-52)67-44)33-65-41-29-35-6-4-5-7-36(35)49-38(41)31-51/h4-9,28-29,31,39,42,44-45,52-53,55H,10-27,30,32-33H2,1-3H3,(H,48,56)(H,50,54). The van der Waals surface area contributed by atoms with Crippen LogP contribution in [0.5, 0.6) is 11.5 Å². The fraction of sp³-hybridized carbons (Fsp3) is 0.617. The van der Waals surface area contributed by atoms with Crippen molar-refractivity contribution in [1.82, 2.24) is 10.3 Å². The molecule has 3 aromatic rings. The van der Waals surface area contributed by atoms with Crippen LogP contribution in [0.2, 0.25) is 0 Å². The summed E-state index contributed by atoms with van der Waals surface area (Å²) in [6, 6.07) is 14.0. The SMILES string of the molecule is CC(C)(C)OC(=O)NCCOCCOCCOCCOCCOCCOCCOCCOCCC(=O)Nc1cc(COc2cc3ccccc3nc2C=O)ccc1OC1CC(O)C(O)C(CO)O1. The van der Waals surface area contributed by atoms with Crippen LogP contribution >= 0.6 is 0 Å². The Morgan fingerprint density at radius 3 is 1.87 bits per heavy atom. The summed E-state index contributed by atoms with van der Waals surface area (Å²) in [5, 5.41) is 36.3. The number of benzene rings is 2. The maximum absolute atomic E-state index is 13.1. The Balaban J connectivity index is 1.00. The number of aromatic nitrogens is 1. The van der Waals surface area contributed by atoms with E-state index >= 15 is 0 Å². The van der Waals surface area contributed by atoms with Crippen LogP contribution in [0.4, 0.5) is 10.5 Å². The number of aldehydes is 1. The summed E-state index contributed by atoms with van der Waals surface area (Å²) >= 11 is 0. The van der Waals surface area contributed by atoms with Crippen LogP contribution in [0.3, 0.4) is 0 Å². The first-order valence-corrected chi connectivity index (χ1v) is 22.7. The zero-order chi connectivity index (χ0) is 48.8. The minimum atomic E-state index is -1.28. The summed E-state index contributed by atoms with van der Waals surface area (Å²) in [4.78, 5) is 40.8. The van der Waals surface area contributed by atoms with Crippen LogP contribution < -0.4 is 20.1 Å². The van der Waals surface area contributed by atoms with Crippen molar-refractivity contribution >= 4 is 34.9 Å². The minimum Gasteiger partial charge on any atom is -0.486 e. The zero-order valence-corrected chi connectivity index (χ0v) is 39.3. The quantitative estimate of drug-likeness (QED) is 0.0419. The molecule has 2 amide bonds. The highest BCUT2D eigenvalue weighted by molar-refractivity contribution is 5.92. The lowest BCUT2D eigenvalue weighted by molar-refractivity contribution is -0.229. The summed E-state index contributed by atoms with van der Waals surface area (Å²) in [7, 11) is 0. The molecule has 2 aromatic carbocycles. The number of hydrogen-bond acceptors (Lipinski definition) is 19. The molecule has 21 nitrogen and oxygen atoms in total. The number of fused-ring (bicyclic) bond motifs is 1. The number of rotatable bonds is 35. The lowest BCUT2D eigenvalue weighted by atomic mass is 10.0. The van der Waals surface area contributed by atoms with Crippen LogP contribution in [-0.4, -0.2) is 188 Å². The molecule has 68 heavy (non-hydrogen) atoms. The summed E-state index contributed by atoms with van der Waals surface area (Å²) in [6.07, 6.45) is -4.48. The maximum Gasteiger partial charge on any atom is 0.407 e. The van der Waals surface area contributed by atoms with Crippen molar-refractivity contribution in [3.63, 3.8) is 0 Å². The molecule has 380 valence electrons. The van der Waals surface area contributed by atoms with Gasteiger partial charge in [-0.3, -0.25) is 9.59 Å². The second-order valence-corrected chi connectivity index (χ2v) is 16.1. The van der Waals surface area contributed by atoms with Crippen molar-refractivity contribution in [3.8, 4) is 11.5 Å². The van der Waals surface area contributed by atoms with E-state index in [9.17, 15) is 29.7 Å². The molecule has 0 saturated carbocycles. The Morgan fingerprint density at radius 2 is 1.31 bits per heavy atom. The van der Waals surface area contributed by atoms with Crippen LogP contribution in [0, 0.1) is 0 Å². The van der Waals surface area contributed by atoms with Gasteiger partial charge in [-0.1, -0.05) is 24.3 Å². The Morgan fingerprint density at radius 1 is 0.750 bits per heavy atom.